The lowest BCUT2D eigenvalue weighted by Gasteiger charge is -2.10. The highest BCUT2D eigenvalue weighted by molar-refractivity contribution is 5.96. The minimum absolute atomic E-state index is 0.669. The second kappa shape index (κ2) is 4.84. The average Bonchev–Trinajstić information content (AvgIpc) is 2.36. The zero-order chi connectivity index (χ0) is 12.3. The first-order valence-corrected chi connectivity index (χ1v) is 5.81. The van der Waals surface area contributed by atoms with Crippen LogP contribution < -0.4 is 5.32 Å². The largest absolute Gasteiger partial charge is 0.370 e. The Bertz CT molecular complexity index is 582. The minimum Gasteiger partial charge on any atom is -0.370 e. The third-order valence-electron chi connectivity index (χ3n) is 2.75. The molecule has 0 radical (unpaired) electrons. The maximum atomic E-state index is 9.17. The molecule has 0 amide bonds. The van der Waals surface area contributed by atoms with Crippen LogP contribution in [0.3, 0.4) is 0 Å². The summed E-state index contributed by atoms with van der Waals surface area (Å²) >= 11 is 0. The van der Waals surface area contributed by atoms with Crippen molar-refractivity contribution in [2.75, 3.05) is 11.9 Å². The molecule has 0 atom stereocenters. The lowest BCUT2D eigenvalue weighted by Crippen LogP contribution is -2.04. The molecule has 1 N–H and O–H groups in total. The molecule has 0 spiro atoms. The molecule has 0 aliphatic heterocycles. The van der Waals surface area contributed by atoms with Crippen LogP contribution in [0.2, 0.25) is 0 Å². The molecule has 0 saturated carbocycles. The molecule has 1 heterocycles. The van der Waals surface area contributed by atoms with Gasteiger partial charge in [-0.2, -0.15) is 5.26 Å². The van der Waals surface area contributed by atoms with Gasteiger partial charge in [0.25, 0.3) is 0 Å². The highest BCUT2D eigenvalue weighted by Crippen LogP contribution is 2.26. The van der Waals surface area contributed by atoms with Gasteiger partial charge in [-0.25, -0.2) is 4.98 Å². The lowest BCUT2D eigenvalue weighted by molar-refractivity contribution is 0.969. The van der Waals surface area contributed by atoms with Gasteiger partial charge in [0.2, 0.25) is 0 Å². The van der Waals surface area contributed by atoms with Crippen LogP contribution >= 0.6 is 0 Å². The third-order valence-corrected chi connectivity index (χ3v) is 2.75. The van der Waals surface area contributed by atoms with Gasteiger partial charge in [0, 0.05) is 17.3 Å². The van der Waals surface area contributed by atoms with Gasteiger partial charge in [-0.15, -0.1) is 0 Å². The van der Waals surface area contributed by atoms with E-state index in [2.05, 4.69) is 23.3 Å². The predicted octanol–water partition coefficient (Wildman–Crippen LogP) is 3.24. The minimum atomic E-state index is 0.669. The molecule has 0 bridgehead atoms. The van der Waals surface area contributed by atoms with Crippen LogP contribution in [-0.2, 0) is 0 Å². The van der Waals surface area contributed by atoms with Crippen molar-refractivity contribution in [3.05, 3.63) is 35.5 Å². The molecular formula is C14H15N3. The van der Waals surface area contributed by atoms with Gasteiger partial charge in [0.15, 0.2) is 0 Å². The molecule has 0 unspecified atom stereocenters. The number of aryl methyl sites for hydroxylation is 1. The molecule has 2 aromatic rings. The van der Waals surface area contributed by atoms with E-state index in [1.165, 1.54) is 0 Å². The van der Waals surface area contributed by atoms with Crippen LogP contribution in [0.1, 0.15) is 24.6 Å². The summed E-state index contributed by atoms with van der Waals surface area (Å²) in [5.41, 5.74) is 1.45. The summed E-state index contributed by atoms with van der Waals surface area (Å²) in [5.74, 6) is 0.874. The quantitative estimate of drug-likeness (QED) is 0.872. The summed E-state index contributed by atoms with van der Waals surface area (Å²) in [4.78, 5) is 4.48. The van der Waals surface area contributed by atoms with Crippen molar-refractivity contribution in [3.8, 4) is 6.07 Å². The van der Waals surface area contributed by atoms with E-state index in [1.54, 1.807) is 0 Å². The van der Waals surface area contributed by atoms with E-state index in [0.717, 1.165) is 35.2 Å². The maximum Gasteiger partial charge on any atom is 0.134 e. The first kappa shape index (κ1) is 11.4. The van der Waals surface area contributed by atoms with Crippen LogP contribution in [0.15, 0.2) is 24.3 Å². The number of aromatic nitrogens is 1. The smallest absolute Gasteiger partial charge is 0.134 e. The van der Waals surface area contributed by atoms with Crippen molar-refractivity contribution in [3.63, 3.8) is 0 Å². The number of hydrogen-bond donors (Lipinski definition) is 1. The van der Waals surface area contributed by atoms with Gasteiger partial charge in [0.05, 0.1) is 11.3 Å². The van der Waals surface area contributed by atoms with E-state index in [-0.39, 0.29) is 0 Å². The molecule has 3 heteroatoms. The summed E-state index contributed by atoms with van der Waals surface area (Å²) in [7, 11) is 0. The van der Waals surface area contributed by atoms with Crippen molar-refractivity contribution in [1.29, 1.82) is 5.26 Å². The Morgan fingerprint density at radius 1 is 1.29 bits per heavy atom. The van der Waals surface area contributed by atoms with E-state index in [4.69, 9.17) is 0 Å². The normalized spacial score (nSPS) is 10.2. The number of anilines is 1. The first-order valence-electron chi connectivity index (χ1n) is 5.81. The fourth-order valence-electron chi connectivity index (χ4n) is 1.91. The van der Waals surface area contributed by atoms with Crippen LogP contribution in [0, 0.1) is 18.3 Å². The molecular weight excluding hydrogens is 210 g/mol. The SMILES string of the molecule is CCCNc1nc(C)c(C#N)c2ccccc12. The molecule has 86 valence electrons. The van der Waals surface area contributed by atoms with Crippen LogP contribution in [0.5, 0.6) is 0 Å². The van der Waals surface area contributed by atoms with Crippen molar-refractivity contribution >= 4 is 16.6 Å². The number of hydrogen-bond acceptors (Lipinski definition) is 3. The number of nitrogens with one attached hydrogen (secondary N) is 1. The maximum absolute atomic E-state index is 9.17. The second-order valence-electron chi connectivity index (χ2n) is 4.00. The molecule has 0 saturated heterocycles. The molecule has 0 aliphatic rings. The van der Waals surface area contributed by atoms with Crippen molar-refractivity contribution in [2.45, 2.75) is 20.3 Å². The Balaban J connectivity index is 2.66. The van der Waals surface area contributed by atoms with E-state index in [9.17, 15) is 5.26 Å². The highest BCUT2D eigenvalue weighted by Gasteiger charge is 2.09. The Morgan fingerprint density at radius 3 is 2.65 bits per heavy atom. The first-order chi connectivity index (χ1) is 8.27. The predicted molar refractivity (Wildman–Crippen MR) is 70.0 cm³/mol. The van der Waals surface area contributed by atoms with E-state index in [1.807, 2.05) is 31.2 Å². The van der Waals surface area contributed by atoms with Crippen LogP contribution in [0.25, 0.3) is 10.8 Å². The van der Waals surface area contributed by atoms with Crippen molar-refractivity contribution in [2.24, 2.45) is 0 Å². The Kier molecular flexibility index (Phi) is 3.24. The zero-order valence-corrected chi connectivity index (χ0v) is 10.1. The van der Waals surface area contributed by atoms with Crippen LogP contribution in [0.4, 0.5) is 5.82 Å². The lowest BCUT2D eigenvalue weighted by atomic mass is 10.0. The summed E-state index contributed by atoms with van der Waals surface area (Å²) in [5, 5.41) is 14.5. The summed E-state index contributed by atoms with van der Waals surface area (Å²) in [6.07, 6.45) is 1.05. The molecule has 0 fully saturated rings. The Morgan fingerprint density at radius 2 is 2.00 bits per heavy atom. The standard InChI is InChI=1S/C14H15N3/c1-3-8-16-14-12-7-5-4-6-11(12)13(9-15)10(2)17-14/h4-7H,3,8H2,1-2H3,(H,16,17). The van der Waals surface area contributed by atoms with Gasteiger partial charge >= 0.3 is 0 Å². The van der Waals surface area contributed by atoms with Gasteiger partial charge in [-0.1, -0.05) is 31.2 Å². The monoisotopic (exact) mass is 225 g/mol. The number of nitriles is 1. The molecule has 0 aliphatic carbocycles. The molecule has 17 heavy (non-hydrogen) atoms. The topological polar surface area (TPSA) is 48.7 Å². The number of pyridine rings is 1. The van der Waals surface area contributed by atoms with Crippen LogP contribution in [-0.4, -0.2) is 11.5 Å². The van der Waals surface area contributed by atoms with Crippen molar-refractivity contribution in [1.82, 2.24) is 4.98 Å². The number of fused-ring (bicyclic) bond motifs is 1. The van der Waals surface area contributed by atoms with E-state index in [0.29, 0.717) is 5.56 Å². The highest BCUT2D eigenvalue weighted by atomic mass is 15.0. The third kappa shape index (κ3) is 2.07. The fourth-order valence-corrected chi connectivity index (χ4v) is 1.91. The Hall–Kier alpha value is -2.08. The number of benzene rings is 1. The van der Waals surface area contributed by atoms with Gasteiger partial charge in [-0.3, -0.25) is 0 Å². The van der Waals surface area contributed by atoms with E-state index >= 15 is 0 Å². The zero-order valence-electron chi connectivity index (χ0n) is 10.1. The molecule has 1 aromatic heterocycles. The summed E-state index contributed by atoms with van der Waals surface area (Å²) in [6.45, 7) is 4.89. The summed E-state index contributed by atoms with van der Waals surface area (Å²) < 4.78 is 0. The molecule has 1 aromatic carbocycles. The second-order valence-corrected chi connectivity index (χ2v) is 4.00. The fraction of sp³-hybridized carbons (Fsp3) is 0.286. The van der Waals surface area contributed by atoms with Crippen molar-refractivity contribution < 1.29 is 0 Å². The van der Waals surface area contributed by atoms with Gasteiger partial charge < -0.3 is 5.32 Å². The molecule has 3 nitrogen and oxygen atoms in total. The summed E-state index contributed by atoms with van der Waals surface area (Å²) in [6, 6.07) is 10.1. The van der Waals surface area contributed by atoms with Gasteiger partial charge in [0.1, 0.15) is 11.9 Å². The van der Waals surface area contributed by atoms with E-state index < -0.39 is 0 Å². The number of nitrogens with zero attached hydrogens (tertiary/aromatic N) is 2. The Labute approximate surface area is 101 Å². The number of rotatable bonds is 3. The molecule has 2 rings (SSSR count). The average molecular weight is 225 g/mol. The van der Waals surface area contributed by atoms with Gasteiger partial charge in [-0.05, 0) is 13.3 Å².